The first-order chi connectivity index (χ1) is 59.0. The fourth-order valence-electron chi connectivity index (χ4n) is 15.2. The number of sulfonamides is 2. The van der Waals surface area contributed by atoms with E-state index < -0.39 is 173 Å². The van der Waals surface area contributed by atoms with Gasteiger partial charge < -0.3 is 66.5 Å². The van der Waals surface area contributed by atoms with Gasteiger partial charge in [0.2, 0.25) is 57.3 Å². The molecule has 7 aliphatic rings. The molecular weight excluding hydrogens is 1630 g/mol. The normalized spacial score (nSPS) is 21.7. The Morgan fingerprint density at radius 1 is 0.540 bits per heavy atom. The zero-order valence-electron chi connectivity index (χ0n) is 71.1. The lowest BCUT2D eigenvalue weighted by atomic mass is 9.85. The summed E-state index contributed by atoms with van der Waals surface area (Å²) < 4.78 is 79.7. The Morgan fingerprint density at radius 3 is 1.51 bits per heavy atom. The second kappa shape index (κ2) is 39.8. The second-order valence-corrected chi connectivity index (χ2v) is 38.0. The number of nitrogens with one attached hydrogen (secondary N) is 10. The molecule has 6 aliphatic heterocycles. The van der Waals surface area contributed by atoms with Crippen molar-refractivity contribution in [3.63, 3.8) is 0 Å². The number of carbonyl (C=O) groups excluding carboxylic acids is 10. The van der Waals surface area contributed by atoms with Crippen LogP contribution in [0.15, 0.2) is 169 Å². The van der Waals surface area contributed by atoms with E-state index in [4.69, 9.17) is 14.2 Å². The maximum atomic E-state index is 15.6. The summed E-state index contributed by atoms with van der Waals surface area (Å²) in [7, 11) is -5.65. The van der Waals surface area contributed by atoms with Gasteiger partial charge in [-0.25, -0.2) is 22.8 Å². The SMILES string of the molecule is CN[C@@H](C)C(=O)N[C@H](C(=O)N1CC2CC1C(=O)N[C@@H](Cc1ccc3ccccc3c1)C(=O)N[C@H](C(=O)NS(=O)(=O)c1ccccn1)Cc1ccc(cc1)OCCCCO[C@H]1C[C@@H](C(=O)N[C@@H](Cc3ccc4ccccc4c3)C(=O)N[C@H](C(=O)NS(=O)(=O)C3CC3)Cc3ccc(cc3)OCc3cn2nn3)N(C(=O)[C@@H](NC(=O)[C@H](C)NC)C(C)(C)C)C1)C(C)(C)C. The lowest BCUT2D eigenvalue weighted by molar-refractivity contribution is -0.144. The first kappa shape index (κ1) is 91.4. The van der Waals surface area contributed by atoms with E-state index in [9.17, 15) is 36.0 Å². The Balaban J connectivity index is 0.886. The van der Waals surface area contributed by atoms with Crippen LogP contribution in [-0.2, 0) is 105 Å². The number of aromatic nitrogens is 4. The highest BCUT2D eigenvalue weighted by Gasteiger charge is 2.49. The van der Waals surface area contributed by atoms with Crippen molar-refractivity contribution in [3.8, 4) is 11.5 Å². The molecule has 1 saturated carbocycles. The van der Waals surface area contributed by atoms with Crippen molar-refractivity contribution in [1.29, 1.82) is 0 Å². The molecule has 124 heavy (non-hydrogen) atoms. The van der Waals surface area contributed by atoms with Crippen LogP contribution < -0.4 is 61.5 Å². The van der Waals surface area contributed by atoms with Crippen molar-refractivity contribution in [2.75, 3.05) is 40.4 Å². The standard InChI is InChI=1S/C89H110N16O17S2/c1-53(90-9)78(106)97-76(88(3,4)5)86(114)103-50-64-47-73(103)84(112)95-69(45-57-24-30-59-19-11-13-21-61(59)41-57)80(108)94-72(83(111)101-124(118,119)75-23-15-16-38-92-75)44-55-26-32-65(33-27-55)120-39-17-18-40-121-67-48-74(104(51-67)87(115)77(89(6,7)8)98-79(107)54(2)91-10)85(113)96-70(46-58-25-31-60-20-12-14-22-62(60)42-58)81(109)93-71(82(110)100-123(116,117)68-36-37-68)43-56-28-34-66(35-29-56)122-52-63-49-105(64)102-99-63/h11-16,19-35,38,41-42,49,53-54,64,67-74,76-77,90-91H,17-18,36-37,39-40,43-48,50-52H2,1-10H3,(H,93,109)(H,94,108)(H,95,112)(H,96,113)(H,97,106)(H,98,107)(H,100,110)(H,101,111)/t53-,54-,64?,67-,69-,70-,71-,72-,73?,74-,76+,77+/m0/s1. The van der Waals surface area contributed by atoms with Crippen molar-refractivity contribution < 1.29 is 79.0 Å². The third-order valence-electron chi connectivity index (χ3n) is 22.8. The number of ether oxygens (including phenoxy) is 3. The molecule has 15 rings (SSSR count). The minimum atomic E-state index is -4.66. The molecule has 35 heteroatoms. The van der Waals surface area contributed by atoms with Crippen LogP contribution >= 0.6 is 0 Å². The van der Waals surface area contributed by atoms with E-state index in [-0.39, 0.29) is 71.4 Å². The van der Waals surface area contributed by atoms with Gasteiger partial charge in [0.25, 0.3) is 21.8 Å². The number of pyridine rings is 1. The monoisotopic (exact) mass is 1740 g/mol. The van der Waals surface area contributed by atoms with E-state index in [1.807, 2.05) is 72.8 Å². The number of hydrogen-bond donors (Lipinski definition) is 10. The van der Waals surface area contributed by atoms with E-state index in [1.54, 1.807) is 136 Å². The molecule has 0 spiro atoms. The molecule has 1 aliphatic carbocycles. The number of nitrogens with zero attached hydrogens (tertiary/aromatic N) is 6. The second-order valence-electron chi connectivity index (χ2n) is 34.4. The highest BCUT2D eigenvalue weighted by molar-refractivity contribution is 7.91. The van der Waals surface area contributed by atoms with Crippen molar-refractivity contribution in [2.45, 2.75) is 209 Å². The van der Waals surface area contributed by atoms with Gasteiger partial charge >= 0.3 is 0 Å². The van der Waals surface area contributed by atoms with E-state index >= 15 is 28.8 Å². The number of hydrogen-bond acceptors (Lipinski definition) is 22. The van der Waals surface area contributed by atoms with E-state index in [0.717, 1.165) is 21.5 Å². The average molecular weight is 1740 g/mol. The maximum absolute atomic E-state index is 15.6. The molecule has 0 radical (unpaired) electrons. The molecule has 33 nitrogen and oxygen atoms in total. The molecule has 8 aromatic rings. The van der Waals surface area contributed by atoms with Gasteiger partial charge in [-0.2, -0.15) is 8.42 Å². The van der Waals surface area contributed by atoms with Gasteiger partial charge in [0.05, 0.1) is 42.3 Å². The van der Waals surface area contributed by atoms with Gasteiger partial charge in [0, 0.05) is 64.4 Å². The number of benzene rings is 6. The van der Waals surface area contributed by atoms with Gasteiger partial charge in [-0.3, -0.25) is 52.7 Å². The first-order valence-electron chi connectivity index (χ1n) is 41.7. The molecule has 10 amide bonds. The van der Waals surface area contributed by atoms with Gasteiger partial charge in [0.1, 0.15) is 72.1 Å². The summed E-state index contributed by atoms with van der Waals surface area (Å²) in [5.41, 5.74) is 0.500. The molecule has 2 saturated heterocycles. The van der Waals surface area contributed by atoms with E-state index in [2.05, 4.69) is 67.3 Å². The Morgan fingerprint density at radius 2 is 1.02 bits per heavy atom. The van der Waals surface area contributed by atoms with Crippen LogP contribution in [0, 0.1) is 10.8 Å². The molecular formula is C89H110N16O17S2. The summed E-state index contributed by atoms with van der Waals surface area (Å²) in [4.78, 5) is 156. The zero-order valence-corrected chi connectivity index (χ0v) is 72.8. The quantitative estimate of drug-likeness (QED) is 0.0567. The maximum Gasteiger partial charge on any atom is 0.281 e. The molecule has 2 aromatic heterocycles. The summed E-state index contributed by atoms with van der Waals surface area (Å²) >= 11 is 0. The largest absolute Gasteiger partial charge is 0.494 e. The average Bonchev–Trinajstić information content (AvgIpc) is 1.63. The van der Waals surface area contributed by atoms with Gasteiger partial charge in [-0.1, -0.05) is 162 Å². The van der Waals surface area contributed by atoms with Crippen molar-refractivity contribution in [2.24, 2.45) is 10.8 Å². The zero-order chi connectivity index (χ0) is 89.0. The predicted molar refractivity (Wildman–Crippen MR) is 461 cm³/mol. The summed E-state index contributed by atoms with van der Waals surface area (Å²) in [6.45, 7) is 13.7. The minimum Gasteiger partial charge on any atom is -0.494 e. The topological polar surface area (TPSA) is 437 Å². The van der Waals surface area contributed by atoms with Crippen LogP contribution in [0.5, 0.6) is 11.5 Å². The Labute approximate surface area is 721 Å². The van der Waals surface area contributed by atoms with Crippen LogP contribution in [0.2, 0.25) is 0 Å². The first-order valence-corrected chi connectivity index (χ1v) is 44.8. The molecule has 8 heterocycles. The highest BCUT2D eigenvalue weighted by Crippen LogP contribution is 2.34. The molecule has 660 valence electrons. The third-order valence-corrected chi connectivity index (χ3v) is 25.9. The summed E-state index contributed by atoms with van der Waals surface area (Å²) in [6.07, 6.45) is 2.50. The van der Waals surface area contributed by atoms with Gasteiger partial charge in [-0.15, -0.1) is 5.10 Å². The van der Waals surface area contributed by atoms with Crippen LogP contribution in [-0.4, -0.2) is 218 Å². The van der Waals surface area contributed by atoms with Crippen molar-refractivity contribution in [3.05, 3.63) is 192 Å². The van der Waals surface area contributed by atoms with E-state index in [0.29, 0.717) is 65.1 Å². The van der Waals surface area contributed by atoms with Crippen LogP contribution in [0.25, 0.3) is 21.5 Å². The minimum absolute atomic E-state index is 0.0519. The fourth-order valence-corrected chi connectivity index (χ4v) is 17.5. The molecule has 3 fully saturated rings. The Bertz CT molecular complexity index is 5450. The smallest absolute Gasteiger partial charge is 0.281 e. The van der Waals surface area contributed by atoms with Crippen LogP contribution in [0.4, 0.5) is 0 Å². The molecule has 2 unspecified atom stereocenters. The molecule has 12 atom stereocenters. The number of likely N-dealkylation sites (tertiary alicyclic amines) is 2. The van der Waals surface area contributed by atoms with Gasteiger partial charge in [-0.05, 0) is 145 Å². The Hall–Kier alpha value is -11.8. The van der Waals surface area contributed by atoms with Crippen LogP contribution in [0.1, 0.15) is 128 Å². The Kier molecular flexibility index (Phi) is 29.3. The number of rotatable bonds is 18. The van der Waals surface area contributed by atoms with Crippen LogP contribution in [0.3, 0.4) is 0 Å². The number of carbonyl (C=O) groups is 10. The van der Waals surface area contributed by atoms with Crippen molar-refractivity contribution in [1.82, 2.24) is 81.8 Å². The number of likely N-dealkylation sites (N-methyl/N-ethyl adjacent to an activating group) is 2. The lowest BCUT2D eigenvalue weighted by Gasteiger charge is -2.36. The van der Waals surface area contributed by atoms with E-state index in [1.165, 1.54) is 38.9 Å². The number of amides is 10. The fraction of sp³-hybridized carbons (Fsp3) is 0.449. The summed E-state index contributed by atoms with van der Waals surface area (Å²) in [5, 5.41) is 34.0. The lowest BCUT2D eigenvalue weighted by Crippen LogP contribution is -2.61. The summed E-state index contributed by atoms with van der Waals surface area (Å²) in [5.74, 6) is -7.00. The highest BCUT2D eigenvalue weighted by atomic mass is 32.2. The number of fused-ring (bicyclic) bond motifs is 2. The third kappa shape index (κ3) is 23.6. The molecule has 10 N–H and O–H groups in total. The van der Waals surface area contributed by atoms with Crippen molar-refractivity contribution >= 4 is 101 Å². The summed E-state index contributed by atoms with van der Waals surface area (Å²) in [6, 6.07) is 29.7. The predicted octanol–water partition coefficient (Wildman–Crippen LogP) is 4.46. The molecule has 6 aromatic carbocycles. The molecule has 10 bridgehead atoms. The van der Waals surface area contributed by atoms with Gasteiger partial charge in [0.15, 0.2) is 5.03 Å².